The fourth-order valence-corrected chi connectivity index (χ4v) is 4.56. The van der Waals surface area contributed by atoms with Gasteiger partial charge in [-0.25, -0.2) is 8.42 Å². The van der Waals surface area contributed by atoms with Crippen molar-refractivity contribution < 1.29 is 17.9 Å². The molecule has 0 bridgehead atoms. The van der Waals surface area contributed by atoms with Crippen LogP contribution in [-0.2, 0) is 19.4 Å². The average molecular weight is 281 g/mol. The number of methoxy groups -OCH3 is 1. The number of carbonyl (C=O) groups is 1. The van der Waals surface area contributed by atoms with E-state index in [0.29, 0.717) is 18.6 Å². The van der Waals surface area contributed by atoms with E-state index in [4.69, 9.17) is 5.73 Å². The molecule has 2 atom stereocenters. The second-order valence-corrected chi connectivity index (χ2v) is 8.18. The summed E-state index contributed by atoms with van der Waals surface area (Å²) in [6.07, 6.45) is 3.23. The lowest BCUT2D eigenvalue weighted by Gasteiger charge is -2.20. The van der Waals surface area contributed by atoms with Crippen molar-refractivity contribution in [1.29, 1.82) is 0 Å². The summed E-state index contributed by atoms with van der Waals surface area (Å²) >= 11 is 1.57. The highest BCUT2D eigenvalue weighted by Crippen LogP contribution is 2.36. The number of hydrogen-bond acceptors (Lipinski definition) is 6. The maximum Gasteiger partial charge on any atom is 0.325 e. The summed E-state index contributed by atoms with van der Waals surface area (Å²) in [4.78, 5) is 11.5. The highest BCUT2D eigenvalue weighted by molar-refractivity contribution is 8.01. The van der Waals surface area contributed by atoms with E-state index < -0.39 is 15.4 Å². The van der Waals surface area contributed by atoms with Crippen molar-refractivity contribution in [2.45, 2.75) is 30.1 Å². The summed E-state index contributed by atoms with van der Waals surface area (Å²) in [5.74, 6) is 0.355. The van der Waals surface area contributed by atoms with Crippen molar-refractivity contribution in [3.63, 3.8) is 0 Å². The molecule has 0 heterocycles. The van der Waals surface area contributed by atoms with Crippen molar-refractivity contribution in [3.05, 3.63) is 0 Å². The van der Waals surface area contributed by atoms with Crippen molar-refractivity contribution in [2.75, 3.05) is 24.9 Å². The Hall–Kier alpha value is -0.270. The zero-order valence-electron chi connectivity index (χ0n) is 10.1. The molecule has 0 spiro atoms. The predicted octanol–water partition coefficient (Wildman–Crippen LogP) is 0.187. The smallest absolute Gasteiger partial charge is 0.325 e. The van der Waals surface area contributed by atoms with Crippen LogP contribution in [0.4, 0.5) is 0 Å². The maximum atomic E-state index is 11.5. The minimum Gasteiger partial charge on any atom is -0.468 e. The Morgan fingerprint density at radius 2 is 2.24 bits per heavy atom. The number of hydrogen-bond donors (Lipinski definition) is 1. The Kier molecular flexibility index (Phi) is 4.86. The van der Waals surface area contributed by atoms with Gasteiger partial charge in [0.25, 0.3) is 0 Å². The Bertz CT molecular complexity index is 382. The van der Waals surface area contributed by atoms with Crippen LogP contribution in [0, 0.1) is 0 Å². The molecule has 7 heteroatoms. The Morgan fingerprint density at radius 3 is 2.76 bits per heavy atom. The number of carbonyl (C=O) groups excluding carboxylic acids is 1. The fourth-order valence-electron chi connectivity index (χ4n) is 1.93. The van der Waals surface area contributed by atoms with Gasteiger partial charge in [0.05, 0.1) is 12.9 Å². The first-order chi connectivity index (χ1) is 7.77. The molecule has 1 aliphatic carbocycles. The van der Waals surface area contributed by atoms with Gasteiger partial charge < -0.3 is 10.5 Å². The lowest BCUT2D eigenvalue weighted by Crippen LogP contribution is -2.46. The molecule has 0 aromatic heterocycles. The standard InChI is InChI=1S/C10H19NO4S2/c1-15-9(12)10(11)4-3-8(7-10)16-5-6-17(2,13)14/h8H,3-7,11H2,1-2H3. The second kappa shape index (κ2) is 5.58. The fraction of sp³-hybridized carbons (Fsp3) is 0.900. The number of esters is 1. The Balaban J connectivity index is 2.38. The molecule has 1 rings (SSSR count). The van der Waals surface area contributed by atoms with Gasteiger partial charge in [-0.1, -0.05) is 0 Å². The molecule has 0 amide bonds. The number of nitrogens with two attached hydrogens (primary N) is 1. The number of rotatable bonds is 5. The molecule has 100 valence electrons. The van der Waals surface area contributed by atoms with Crippen LogP contribution in [-0.4, -0.2) is 50.0 Å². The first-order valence-corrected chi connectivity index (χ1v) is 8.54. The lowest BCUT2D eigenvalue weighted by molar-refractivity contribution is -0.146. The van der Waals surface area contributed by atoms with Gasteiger partial charge in [0.1, 0.15) is 15.4 Å². The van der Waals surface area contributed by atoms with Crippen LogP contribution in [0.2, 0.25) is 0 Å². The summed E-state index contributed by atoms with van der Waals surface area (Å²) in [7, 11) is -1.57. The normalized spacial score (nSPS) is 29.2. The monoisotopic (exact) mass is 281 g/mol. The summed E-state index contributed by atoms with van der Waals surface area (Å²) in [6, 6.07) is 0. The van der Waals surface area contributed by atoms with Gasteiger partial charge in [-0.3, -0.25) is 4.79 Å². The minimum atomic E-state index is -2.91. The van der Waals surface area contributed by atoms with E-state index in [1.54, 1.807) is 11.8 Å². The van der Waals surface area contributed by atoms with E-state index >= 15 is 0 Å². The summed E-state index contributed by atoms with van der Waals surface area (Å²) in [5.41, 5.74) is 5.08. The topological polar surface area (TPSA) is 86.5 Å². The van der Waals surface area contributed by atoms with Crippen LogP contribution < -0.4 is 5.73 Å². The van der Waals surface area contributed by atoms with Gasteiger partial charge in [-0.15, -0.1) is 0 Å². The Labute approximate surface area is 106 Å². The van der Waals surface area contributed by atoms with Crippen LogP contribution >= 0.6 is 11.8 Å². The lowest BCUT2D eigenvalue weighted by atomic mass is 10.00. The molecular weight excluding hydrogens is 262 g/mol. The molecule has 0 aromatic carbocycles. The summed E-state index contributed by atoms with van der Waals surface area (Å²) in [5, 5.41) is 0.251. The van der Waals surface area contributed by atoms with Crippen molar-refractivity contribution in [3.8, 4) is 0 Å². The second-order valence-electron chi connectivity index (χ2n) is 4.51. The van der Waals surface area contributed by atoms with Crippen molar-refractivity contribution >= 4 is 27.6 Å². The SMILES string of the molecule is COC(=O)C1(N)CCC(SCCS(C)(=O)=O)C1. The molecule has 0 saturated heterocycles. The number of sulfone groups is 1. The van der Waals surface area contributed by atoms with Crippen LogP contribution in [0.1, 0.15) is 19.3 Å². The predicted molar refractivity (Wildman–Crippen MR) is 68.7 cm³/mol. The number of thioether (sulfide) groups is 1. The Morgan fingerprint density at radius 1 is 1.59 bits per heavy atom. The average Bonchev–Trinajstić information content (AvgIpc) is 2.59. The zero-order valence-corrected chi connectivity index (χ0v) is 11.8. The van der Waals surface area contributed by atoms with Crippen molar-refractivity contribution in [1.82, 2.24) is 0 Å². The van der Waals surface area contributed by atoms with Crippen molar-refractivity contribution in [2.24, 2.45) is 5.73 Å². The molecule has 0 aromatic rings. The highest BCUT2D eigenvalue weighted by Gasteiger charge is 2.43. The van der Waals surface area contributed by atoms with E-state index in [1.165, 1.54) is 13.4 Å². The third-order valence-electron chi connectivity index (χ3n) is 2.90. The molecule has 2 N–H and O–H groups in total. The summed E-state index contributed by atoms with van der Waals surface area (Å²) in [6.45, 7) is 0. The van der Waals surface area contributed by atoms with E-state index in [2.05, 4.69) is 4.74 Å². The van der Waals surface area contributed by atoms with Crippen LogP contribution in [0.5, 0.6) is 0 Å². The summed E-state index contributed by atoms with van der Waals surface area (Å²) < 4.78 is 26.6. The van der Waals surface area contributed by atoms with Crippen LogP contribution in [0.3, 0.4) is 0 Å². The van der Waals surface area contributed by atoms with Gasteiger partial charge in [-0.05, 0) is 19.3 Å². The third-order valence-corrected chi connectivity index (χ3v) is 5.42. The molecule has 1 aliphatic rings. The van der Waals surface area contributed by atoms with Gasteiger partial charge in [0.15, 0.2) is 0 Å². The maximum absolute atomic E-state index is 11.5. The van der Waals surface area contributed by atoms with Gasteiger partial charge in [-0.2, -0.15) is 11.8 Å². The van der Waals surface area contributed by atoms with E-state index in [-0.39, 0.29) is 17.0 Å². The first kappa shape index (κ1) is 14.8. The molecule has 17 heavy (non-hydrogen) atoms. The van der Waals surface area contributed by atoms with Crippen LogP contribution in [0.15, 0.2) is 0 Å². The molecule has 2 unspecified atom stereocenters. The highest BCUT2D eigenvalue weighted by atomic mass is 32.2. The van der Waals surface area contributed by atoms with Gasteiger partial charge >= 0.3 is 5.97 Å². The van der Waals surface area contributed by atoms with Gasteiger partial charge in [0, 0.05) is 17.3 Å². The molecular formula is C10H19NO4S2. The van der Waals surface area contributed by atoms with E-state index in [9.17, 15) is 13.2 Å². The van der Waals surface area contributed by atoms with E-state index in [0.717, 1.165) is 6.42 Å². The largest absolute Gasteiger partial charge is 0.468 e. The number of ether oxygens (including phenoxy) is 1. The van der Waals surface area contributed by atoms with Gasteiger partial charge in [0.2, 0.25) is 0 Å². The van der Waals surface area contributed by atoms with E-state index in [1.807, 2.05) is 0 Å². The molecule has 0 radical (unpaired) electrons. The molecule has 5 nitrogen and oxygen atoms in total. The quantitative estimate of drug-likeness (QED) is 0.724. The molecule has 1 fully saturated rings. The first-order valence-electron chi connectivity index (χ1n) is 5.43. The molecule has 1 saturated carbocycles. The zero-order chi connectivity index (χ0) is 13.1. The minimum absolute atomic E-state index is 0.171. The molecule has 0 aliphatic heterocycles. The van der Waals surface area contributed by atoms with Crippen LogP contribution in [0.25, 0.3) is 0 Å². The third kappa shape index (κ3) is 4.48.